The van der Waals surface area contributed by atoms with E-state index in [1.54, 1.807) is 0 Å². The Morgan fingerprint density at radius 2 is 2.06 bits per heavy atom. The largest absolute Gasteiger partial charge is 0.469 e. The fourth-order valence-electron chi connectivity index (χ4n) is 1.33. The van der Waals surface area contributed by atoms with Crippen molar-refractivity contribution < 1.29 is 14.3 Å². The molecule has 4 nitrogen and oxygen atoms in total. The maximum Gasteiger partial charge on any atom is 0.308 e. The summed E-state index contributed by atoms with van der Waals surface area (Å²) < 4.78 is 4.54. The fraction of sp³-hybridized carbons (Fsp3) is 0.333. The Morgan fingerprint density at radius 1 is 1.44 bits per heavy atom. The highest BCUT2D eigenvalue weighted by Crippen LogP contribution is 2.21. The van der Waals surface area contributed by atoms with Crippen LogP contribution in [0.5, 0.6) is 0 Å². The number of carbonyl (C=O) groups is 1. The van der Waals surface area contributed by atoms with Gasteiger partial charge < -0.3 is 4.74 Å². The van der Waals surface area contributed by atoms with E-state index in [-0.39, 0.29) is 6.42 Å². The number of hydrogen-bond acceptors (Lipinski definition) is 4. The van der Waals surface area contributed by atoms with E-state index >= 15 is 0 Å². The molecule has 0 amide bonds. The van der Waals surface area contributed by atoms with Crippen molar-refractivity contribution in [3.63, 3.8) is 0 Å². The van der Waals surface area contributed by atoms with E-state index < -0.39 is 12.0 Å². The summed E-state index contributed by atoms with van der Waals surface area (Å²) in [5.74, 6) is -0.399. The summed E-state index contributed by atoms with van der Waals surface area (Å²) in [5, 5.41) is 0. The fourth-order valence-corrected chi connectivity index (χ4v) is 1.33. The Balaban J connectivity index is 2.89. The van der Waals surface area contributed by atoms with Gasteiger partial charge in [-0.05, 0) is 12.5 Å². The van der Waals surface area contributed by atoms with Gasteiger partial charge in [-0.15, -0.1) is 0 Å². The number of hydrogen-bond donors (Lipinski definition) is 0. The van der Waals surface area contributed by atoms with E-state index in [9.17, 15) is 9.59 Å². The first-order valence-corrected chi connectivity index (χ1v) is 4.87. The van der Waals surface area contributed by atoms with E-state index in [1.165, 1.54) is 13.2 Å². The molecule has 0 aliphatic carbocycles. The lowest BCUT2D eigenvalue weighted by Crippen LogP contribution is -2.07. The van der Waals surface area contributed by atoms with Gasteiger partial charge in [0.1, 0.15) is 0 Å². The predicted molar refractivity (Wildman–Crippen MR) is 58.7 cm³/mol. The highest BCUT2D eigenvalue weighted by molar-refractivity contribution is 5.70. The second kappa shape index (κ2) is 5.83. The first-order valence-electron chi connectivity index (χ1n) is 4.87. The van der Waals surface area contributed by atoms with Crippen LogP contribution >= 0.6 is 0 Å². The molecule has 0 aliphatic rings. The van der Waals surface area contributed by atoms with Crippen LogP contribution in [0.2, 0.25) is 0 Å². The van der Waals surface area contributed by atoms with Crippen LogP contribution in [-0.4, -0.2) is 19.2 Å². The van der Waals surface area contributed by atoms with Gasteiger partial charge in [0, 0.05) is 0 Å². The van der Waals surface area contributed by atoms with Crippen molar-refractivity contribution in [2.45, 2.75) is 19.4 Å². The Kier molecular flexibility index (Phi) is 4.42. The van der Waals surface area contributed by atoms with Crippen molar-refractivity contribution in [2.75, 3.05) is 7.11 Å². The van der Waals surface area contributed by atoms with Crippen LogP contribution in [0, 0.1) is 6.92 Å². The summed E-state index contributed by atoms with van der Waals surface area (Å²) in [4.78, 5) is 25.0. The number of benzene rings is 1. The monoisotopic (exact) mass is 219 g/mol. The van der Waals surface area contributed by atoms with Gasteiger partial charge >= 0.3 is 5.97 Å². The van der Waals surface area contributed by atoms with Gasteiger partial charge in [-0.25, -0.2) is 4.79 Å². The molecule has 0 radical (unpaired) electrons. The molecule has 16 heavy (non-hydrogen) atoms. The minimum atomic E-state index is -0.509. The highest BCUT2D eigenvalue weighted by Gasteiger charge is 2.15. The molecule has 1 rings (SSSR count). The van der Waals surface area contributed by atoms with Crippen LogP contribution in [0.1, 0.15) is 23.6 Å². The van der Waals surface area contributed by atoms with E-state index in [0.29, 0.717) is 0 Å². The number of ether oxygens (including phenoxy) is 1. The van der Waals surface area contributed by atoms with Crippen molar-refractivity contribution in [1.29, 1.82) is 0 Å². The molecule has 0 aliphatic heterocycles. The molecule has 0 saturated heterocycles. The maximum absolute atomic E-state index is 11.1. The first-order chi connectivity index (χ1) is 7.67. The van der Waals surface area contributed by atoms with E-state index in [1.807, 2.05) is 31.2 Å². The van der Waals surface area contributed by atoms with Crippen LogP contribution in [-0.2, 0) is 14.3 Å². The molecular formula is C12H13NO3. The molecule has 1 aromatic carbocycles. The molecule has 0 saturated carbocycles. The van der Waals surface area contributed by atoms with Crippen molar-refractivity contribution >= 4 is 12.0 Å². The molecule has 0 fully saturated rings. The standard InChI is InChI=1S/C12H13NO3/c1-9-3-5-10(6-4-9)11(13-8-14)7-12(15)16-2/h3-6,11H,7H2,1-2H3/t11-/m0/s1. The van der Waals surface area contributed by atoms with E-state index in [0.717, 1.165) is 11.1 Å². The zero-order valence-corrected chi connectivity index (χ0v) is 9.27. The van der Waals surface area contributed by atoms with Crippen LogP contribution < -0.4 is 0 Å². The normalized spacial score (nSPS) is 11.4. The van der Waals surface area contributed by atoms with Gasteiger partial charge in [0.2, 0.25) is 6.08 Å². The molecular weight excluding hydrogens is 206 g/mol. The number of aliphatic imine (C=N–C) groups is 1. The summed E-state index contributed by atoms with van der Waals surface area (Å²) in [5.41, 5.74) is 1.91. The first kappa shape index (κ1) is 12.1. The Morgan fingerprint density at radius 3 is 2.56 bits per heavy atom. The van der Waals surface area contributed by atoms with Gasteiger partial charge in [-0.2, -0.15) is 4.99 Å². The minimum absolute atomic E-state index is 0.0504. The third-order valence-corrected chi connectivity index (χ3v) is 2.26. The molecule has 0 N–H and O–H groups in total. The lowest BCUT2D eigenvalue weighted by molar-refractivity contribution is -0.141. The molecule has 0 unspecified atom stereocenters. The highest BCUT2D eigenvalue weighted by atomic mass is 16.5. The summed E-state index contributed by atoms with van der Waals surface area (Å²) in [6.07, 6.45) is 1.53. The van der Waals surface area contributed by atoms with Crippen LogP contribution in [0.15, 0.2) is 29.3 Å². The molecule has 4 heteroatoms. The number of rotatable bonds is 4. The Hall–Kier alpha value is -1.93. The van der Waals surface area contributed by atoms with Crippen molar-refractivity contribution in [3.8, 4) is 0 Å². The van der Waals surface area contributed by atoms with Crippen molar-refractivity contribution in [3.05, 3.63) is 35.4 Å². The van der Waals surface area contributed by atoms with Gasteiger partial charge in [-0.3, -0.25) is 4.79 Å². The third kappa shape index (κ3) is 3.33. The smallest absolute Gasteiger partial charge is 0.308 e. The van der Waals surface area contributed by atoms with Gasteiger partial charge in [-0.1, -0.05) is 29.8 Å². The van der Waals surface area contributed by atoms with Crippen LogP contribution in [0.4, 0.5) is 0 Å². The van der Waals surface area contributed by atoms with E-state index in [4.69, 9.17) is 0 Å². The summed E-state index contributed by atoms with van der Waals surface area (Å²) >= 11 is 0. The lowest BCUT2D eigenvalue weighted by Gasteiger charge is -2.09. The number of carbonyl (C=O) groups excluding carboxylic acids is 2. The summed E-state index contributed by atoms with van der Waals surface area (Å²) in [6.45, 7) is 1.96. The number of methoxy groups -OCH3 is 1. The van der Waals surface area contributed by atoms with Crippen LogP contribution in [0.25, 0.3) is 0 Å². The molecule has 0 aromatic heterocycles. The summed E-state index contributed by atoms with van der Waals surface area (Å²) in [6, 6.07) is 6.97. The second-order valence-corrected chi connectivity index (χ2v) is 3.43. The average Bonchev–Trinajstić information content (AvgIpc) is 2.29. The number of nitrogens with zero attached hydrogens (tertiary/aromatic N) is 1. The molecule has 84 valence electrons. The Bertz CT molecular complexity index is 405. The SMILES string of the molecule is COC(=O)C[C@H](N=C=O)c1ccc(C)cc1. The predicted octanol–water partition coefficient (Wildman–Crippen LogP) is 1.94. The maximum atomic E-state index is 11.1. The van der Waals surface area contributed by atoms with Crippen molar-refractivity contribution in [1.82, 2.24) is 0 Å². The summed E-state index contributed by atoms with van der Waals surface area (Å²) in [7, 11) is 1.30. The van der Waals surface area contributed by atoms with Gasteiger partial charge in [0.05, 0.1) is 19.6 Å². The minimum Gasteiger partial charge on any atom is -0.469 e. The van der Waals surface area contributed by atoms with E-state index in [2.05, 4.69) is 9.73 Å². The average molecular weight is 219 g/mol. The number of isocyanates is 1. The zero-order valence-electron chi connectivity index (χ0n) is 9.27. The number of esters is 1. The van der Waals surface area contributed by atoms with Gasteiger partial charge in [0.25, 0.3) is 0 Å². The lowest BCUT2D eigenvalue weighted by atomic mass is 10.0. The van der Waals surface area contributed by atoms with Crippen molar-refractivity contribution in [2.24, 2.45) is 4.99 Å². The topological polar surface area (TPSA) is 55.7 Å². The van der Waals surface area contributed by atoms with Gasteiger partial charge in [0.15, 0.2) is 0 Å². The molecule has 0 spiro atoms. The molecule has 0 heterocycles. The number of aryl methyl sites for hydroxylation is 1. The zero-order chi connectivity index (χ0) is 12.0. The quantitative estimate of drug-likeness (QED) is 0.441. The molecule has 0 bridgehead atoms. The molecule has 1 atom stereocenters. The van der Waals surface area contributed by atoms with Crippen LogP contribution in [0.3, 0.4) is 0 Å². The Labute approximate surface area is 94.0 Å². The third-order valence-electron chi connectivity index (χ3n) is 2.26. The second-order valence-electron chi connectivity index (χ2n) is 3.43. The molecule has 1 aromatic rings.